The van der Waals surface area contributed by atoms with Crippen molar-refractivity contribution in [2.45, 2.75) is 13.0 Å². The van der Waals surface area contributed by atoms with Crippen molar-refractivity contribution in [3.05, 3.63) is 34.3 Å². The van der Waals surface area contributed by atoms with Crippen molar-refractivity contribution < 1.29 is 4.79 Å². The second kappa shape index (κ2) is 5.28. The van der Waals surface area contributed by atoms with Gasteiger partial charge in [0.1, 0.15) is 0 Å². The van der Waals surface area contributed by atoms with Gasteiger partial charge >= 0.3 is 0 Å². The SMILES string of the molecule is C[C@@H](CN)N(C)C(=O)c1ccc(Br)cc1. The van der Waals surface area contributed by atoms with Crippen LogP contribution in [0.5, 0.6) is 0 Å². The van der Waals surface area contributed by atoms with Crippen molar-refractivity contribution in [2.75, 3.05) is 13.6 Å². The van der Waals surface area contributed by atoms with Crippen LogP contribution in [0.4, 0.5) is 0 Å². The lowest BCUT2D eigenvalue weighted by Crippen LogP contribution is -2.39. The zero-order valence-electron chi connectivity index (χ0n) is 8.90. The standard InChI is InChI=1S/C11H15BrN2O/c1-8(7-13)14(2)11(15)9-3-5-10(12)6-4-9/h3-6,8H,7,13H2,1-2H3/t8-/m0/s1. The van der Waals surface area contributed by atoms with E-state index in [4.69, 9.17) is 5.73 Å². The minimum Gasteiger partial charge on any atom is -0.338 e. The summed E-state index contributed by atoms with van der Waals surface area (Å²) >= 11 is 3.33. The maximum atomic E-state index is 11.9. The van der Waals surface area contributed by atoms with Gasteiger partial charge in [-0.25, -0.2) is 0 Å². The van der Waals surface area contributed by atoms with E-state index in [9.17, 15) is 4.79 Å². The van der Waals surface area contributed by atoms with E-state index in [-0.39, 0.29) is 11.9 Å². The van der Waals surface area contributed by atoms with Gasteiger partial charge in [0.15, 0.2) is 0 Å². The van der Waals surface area contributed by atoms with Gasteiger partial charge in [-0.3, -0.25) is 4.79 Å². The van der Waals surface area contributed by atoms with Crippen LogP contribution in [-0.4, -0.2) is 30.4 Å². The van der Waals surface area contributed by atoms with E-state index in [1.807, 2.05) is 19.1 Å². The number of carbonyl (C=O) groups excluding carboxylic acids is 1. The zero-order valence-corrected chi connectivity index (χ0v) is 10.5. The number of hydrogen-bond acceptors (Lipinski definition) is 2. The van der Waals surface area contributed by atoms with E-state index in [1.54, 1.807) is 24.1 Å². The molecule has 0 saturated carbocycles. The normalized spacial score (nSPS) is 12.3. The summed E-state index contributed by atoms with van der Waals surface area (Å²) in [5.74, 6) is 0.000417. The van der Waals surface area contributed by atoms with Gasteiger partial charge in [-0.05, 0) is 31.2 Å². The largest absolute Gasteiger partial charge is 0.338 e. The molecule has 1 rings (SSSR count). The smallest absolute Gasteiger partial charge is 0.253 e. The summed E-state index contributed by atoms with van der Waals surface area (Å²) in [4.78, 5) is 13.6. The van der Waals surface area contributed by atoms with Crippen LogP contribution in [0, 0.1) is 0 Å². The van der Waals surface area contributed by atoms with Crippen LogP contribution >= 0.6 is 15.9 Å². The fraction of sp³-hybridized carbons (Fsp3) is 0.364. The van der Waals surface area contributed by atoms with E-state index in [0.29, 0.717) is 12.1 Å². The molecule has 0 aliphatic carbocycles. The first-order chi connectivity index (χ1) is 7.06. The molecule has 2 N–H and O–H groups in total. The van der Waals surface area contributed by atoms with Gasteiger partial charge in [0.25, 0.3) is 5.91 Å². The molecule has 0 heterocycles. The molecule has 0 radical (unpaired) electrons. The molecule has 0 aliphatic rings. The summed E-state index contributed by atoms with van der Waals surface area (Å²) in [5.41, 5.74) is 6.19. The molecule has 0 fully saturated rings. The number of benzene rings is 1. The van der Waals surface area contributed by atoms with Crippen LogP contribution in [0.25, 0.3) is 0 Å². The lowest BCUT2D eigenvalue weighted by atomic mass is 10.2. The molecule has 0 saturated heterocycles. The first kappa shape index (κ1) is 12.2. The molecular formula is C11H15BrN2O. The summed E-state index contributed by atoms with van der Waals surface area (Å²) in [5, 5.41) is 0. The molecule has 1 aromatic rings. The molecule has 0 unspecified atom stereocenters. The second-order valence-corrected chi connectivity index (χ2v) is 4.42. The molecule has 1 aromatic carbocycles. The minimum atomic E-state index is 0.000417. The number of carbonyl (C=O) groups is 1. The first-order valence-electron chi connectivity index (χ1n) is 4.79. The van der Waals surface area contributed by atoms with Crippen LogP contribution in [-0.2, 0) is 0 Å². The van der Waals surface area contributed by atoms with Gasteiger partial charge < -0.3 is 10.6 Å². The van der Waals surface area contributed by atoms with Gasteiger partial charge in [-0.2, -0.15) is 0 Å². The van der Waals surface area contributed by atoms with Crippen LogP contribution in [0.2, 0.25) is 0 Å². The van der Waals surface area contributed by atoms with Gasteiger partial charge in [0.05, 0.1) is 0 Å². The Kier molecular flexibility index (Phi) is 4.29. The predicted octanol–water partition coefficient (Wildman–Crippen LogP) is 1.87. The average Bonchev–Trinajstić information content (AvgIpc) is 2.27. The third-order valence-electron chi connectivity index (χ3n) is 2.41. The monoisotopic (exact) mass is 270 g/mol. The highest BCUT2D eigenvalue weighted by Crippen LogP contribution is 2.12. The van der Waals surface area contributed by atoms with E-state index in [0.717, 1.165) is 4.47 Å². The van der Waals surface area contributed by atoms with Gasteiger partial charge in [-0.15, -0.1) is 0 Å². The van der Waals surface area contributed by atoms with Crippen molar-refractivity contribution in [3.8, 4) is 0 Å². The molecule has 0 spiro atoms. The molecule has 1 amide bonds. The summed E-state index contributed by atoms with van der Waals surface area (Å²) in [6.07, 6.45) is 0. The molecule has 82 valence electrons. The summed E-state index contributed by atoms with van der Waals surface area (Å²) < 4.78 is 0.966. The summed E-state index contributed by atoms with van der Waals surface area (Å²) in [6.45, 7) is 2.40. The number of likely N-dealkylation sites (N-methyl/N-ethyl adjacent to an activating group) is 1. The van der Waals surface area contributed by atoms with E-state index in [2.05, 4.69) is 15.9 Å². The van der Waals surface area contributed by atoms with Crippen LogP contribution in [0.15, 0.2) is 28.7 Å². The van der Waals surface area contributed by atoms with Gasteiger partial charge in [0, 0.05) is 29.7 Å². The fourth-order valence-corrected chi connectivity index (χ4v) is 1.42. The Balaban J connectivity index is 2.80. The summed E-state index contributed by atoms with van der Waals surface area (Å²) in [7, 11) is 1.77. The Bertz CT molecular complexity index is 337. The molecule has 0 aromatic heterocycles. The quantitative estimate of drug-likeness (QED) is 0.912. The molecular weight excluding hydrogens is 256 g/mol. The van der Waals surface area contributed by atoms with E-state index in [1.165, 1.54) is 0 Å². The number of nitrogens with two attached hydrogens (primary N) is 1. The van der Waals surface area contributed by atoms with Gasteiger partial charge in [-0.1, -0.05) is 15.9 Å². The van der Waals surface area contributed by atoms with Crippen molar-refractivity contribution in [1.82, 2.24) is 4.90 Å². The third kappa shape index (κ3) is 3.04. The highest BCUT2D eigenvalue weighted by atomic mass is 79.9. The number of halogens is 1. The van der Waals surface area contributed by atoms with Crippen molar-refractivity contribution in [2.24, 2.45) is 5.73 Å². The topological polar surface area (TPSA) is 46.3 Å². The minimum absolute atomic E-state index is 0.000417. The van der Waals surface area contributed by atoms with Crippen molar-refractivity contribution in [1.29, 1.82) is 0 Å². The molecule has 4 heteroatoms. The zero-order chi connectivity index (χ0) is 11.4. The van der Waals surface area contributed by atoms with E-state index >= 15 is 0 Å². The molecule has 0 bridgehead atoms. The number of rotatable bonds is 3. The van der Waals surface area contributed by atoms with Crippen LogP contribution < -0.4 is 5.73 Å². The Morgan fingerprint density at radius 2 is 2.00 bits per heavy atom. The second-order valence-electron chi connectivity index (χ2n) is 3.51. The molecule has 3 nitrogen and oxygen atoms in total. The molecule has 15 heavy (non-hydrogen) atoms. The Morgan fingerprint density at radius 1 is 1.47 bits per heavy atom. The van der Waals surface area contributed by atoms with E-state index < -0.39 is 0 Å². The number of nitrogens with zero attached hydrogens (tertiary/aromatic N) is 1. The fourth-order valence-electron chi connectivity index (χ4n) is 1.15. The van der Waals surface area contributed by atoms with Gasteiger partial charge in [0.2, 0.25) is 0 Å². The van der Waals surface area contributed by atoms with Crippen molar-refractivity contribution in [3.63, 3.8) is 0 Å². The molecule has 1 atom stereocenters. The maximum absolute atomic E-state index is 11.9. The lowest BCUT2D eigenvalue weighted by molar-refractivity contribution is 0.0748. The Labute approximate surface area is 98.4 Å². The lowest BCUT2D eigenvalue weighted by Gasteiger charge is -2.23. The average molecular weight is 271 g/mol. The first-order valence-corrected chi connectivity index (χ1v) is 5.58. The predicted molar refractivity (Wildman–Crippen MR) is 64.8 cm³/mol. The van der Waals surface area contributed by atoms with Crippen LogP contribution in [0.3, 0.4) is 0 Å². The Hall–Kier alpha value is -0.870. The maximum Gasteiger partial charge on any atom is 0.253 e. The Morgan fingerprint density at radius 3 is 2.47 bits per heavy atom. The molecule has 0 aliphatic heterocycles. The highest BCUT2D eigenvalue weighted by Gasteiger charge is 2.15. The summed E-state index contributed by atoms with van der Waals surface area (Å²) in [6, 6.07) is 7.36. The highest BCUT2D eigenvalue weighted by molar-refractivity contribution is 9.10. The number of amides is 1. The van der Waals surface area contributed by atoms with Crippen molar-refractivity contribution >= 4 is 21.8 Å². The third-order valence-corrected chi connectivity index (χ3v) is 2.94. The number of hydrogen-bond donors (Lipinski definition) is 1. The van der Waals surface area contributed by atoms with Crippen LogP contribution in [0.1, 0.15) is 17.3 Å².